The topological polar surface area (TPSA) is 82.4 Å². The molecule has 176 valence electrons. The SMILES string of the molecule is O=c1nc(OCc2ccc(Oc3cnc(C(F)(F)F)nc3)c(F)c2)cc2n1CC13CC(CN21)C3. The zero-order chi connectivity index (χ0) is 23.7. The van der Waals surface area contributed by atoms with Crippen molar-refractivity contribution in [2.45, 2.75) is 37.7 Å². The van der Waals surface area contributed by atoms with Crippen molar-refractivity contribution in [1.29, 1.82) is 0 Å². The highest BCUT2D eigenvalue weighted by molar-refractivity contribution is 5.54. The number of nitrogens with zero attached hydrogens (tertiary/aromatic N) is 5. The van der Waals surface area contributed by atoms with E-state index in [9.17, 15) is 22.4 Å². The minimum absolute atomic E-state index is 0.0374. The molecule has 0 N–H and O–H groups in total. The summed E-state index contributed by atoms with van der Waals surface area (Å²) < 4.78 is 64.7. The summed E-state index contributed by atoms with van der Waals surface area (Å²) in [6, 6.07) is 5.77. The van der Waals surface area contributed by atoms with Crippen LogP contribution in [0.25, 0.3) is 0 Å². The first-order valence-electron chi connectivity index (χ1n) is 10.6. The lowest BCUT2D eigenvalue weighted by atomic mass is 9.74. The minimum atomic E-state index is -4.68. The summed E-state index contributed by atoms with van der Waals surface area (Å²) in [6.45, 7) is 1.55. The van der Waals surface area contributed by atoms with Gasteiger partial charge in [-0.05, 0) is 36.5 Å². The van der Waals surface area contributed by atoms with Crippen molar-refractivity contribution in [3.8, 4) is 17.4 Å². The Morgan fingerprint density at radius 3 is 2.62 bits per heavy atom. The van der Waals surface area contributed by atoms with Gasteiger partial charge in [-0.3, -0.25) is 4.57 Å². The third-order valence-corrected chi connectivity index (χ3v) is 6.54. The van der Waals surface area contributed by atoms with Crippen LogP contribution in [0.15, 0.2) is 41.5 Å². The third-order valence-electron chi connectivity index (χ3n) is 6.54. The monoisotopic (exact) mass is 475 g/mol. The van der Waals surface area contributed by atoms with Crippen LogP contribution in [0.4, 0.5) is 23.4 Å². The van der Waals surface area contributed by atoms with Gasteiger partial charge in [0.05, 0.1) is 24.5 Å². The first-order valence-corrected chi connectivity index (χ1v) is 10.6. The number of benzene rings is 1. The van der Waals surface area contributed by atoms with Gasteiger partial charge in [-0.15, -0.1) is 0 Å². The number of rotatable bonds is 5. The molecular weight excluding hydrogens is 458 g/mol. The Bertz CT molecular complexity index is 1340. The van der Waals surface area contributed by atoms with Crippen molar-refractivity contribution >= 4 is 5.82 Å². The van der Waals surface area contributed by atoms with Crippen molar-refractivity contribution in [2.24, 2.45) is 5.92 Å². The molecule has 3 aromatic rings. The van der Waals surface area contributed by atoms with Crippen LogP contribution < -0.4 is 20.1 Å². The standard InChI is InChI=1S/C22H17F4N5O3/c23-15-3-12(1-2-16(15)34-14-7-27-19(28-8-14)22(24,25)26)10-33-17-4-18-30(20(32)29-17)11-21-5-13(6-21)9-31(18)21/h1-4,7-8,13H,5-6,9-11H2. The van der Waals surface area contributed by atoms with Gasteiger partial charge in [0.2, 0.25) is 11.7 Å². The van der Waals surface area contributed by atoms with E-state index in [2.05, 4.69) is 19.9 Å². The number of alkyl halides is 3. The Balaban J connectivity index is 1.14. The highest BCUT2D eigenvalue weighted by Gasteiger charge is 2.60. The molecule has 1 aromatic carbocycles. The van der Waals surface area contributed by atoms with Crippen molar-refractivity contribution in [1.82, 2.24) is 19.5 Å². The van der Waals surface area contributed by atoms with Crippen molar-refractivity contribution in [3.63, 3.8) is 0 Å². The van der Waals surface area contributed by atoms with Gasteiger partial charge in [-0.25, -0.2) is 19.2 Å². The van der Waals surface area contributed by atoms with Gasteiger partial charge in [0.1, 0.15) is 12.4 Å². The maximum Gasteiger partial charge on any atom is 0.451 e. The highest BCUT2D eigenvalue weighted by Crippen LogP contribution is 2.56. The van der Waals surface area contributed by atoms with Crippen LogP contribution in [0.1, 0.15) is 24.2 Å². The number of halogens is 4. The van der Waals surface area contributed by atoms with Crippen molar-refractivity contribution in [2.75, 3.05) is 11.4 Å². The molecule has 5 heterocycles. The molecule has 8 nitrogen and oxygen atoms in total. The van der Waals surface area contributed by atoms with Gasteiger partial charge in [0.15, 0.2) is 17.3 Å². The molecule has 3 fully saturated rings. The van der Waals surface area contributed by atoms with Crippen LogP contribution >= 0.6 is 0 Å². The van der Waals surface area contributed by atoms with E-state index < -0.39 is 17.8 Å². The lowest BCUT2D eigenvalue weighted by Gasteiger charge is -2.37. The lowest BCUT2D eigenvalue weighted by molar-refractivity contribution is -0.145. The number of hydrogen-bond donors (Lipinski definition) is 0. The van der Waals surface area contributed by atoms with E-state index in [-0.39, 0.29) is 35.2 Å². The highest BCUT2D eigenvalue weighted by atomic mass is 19.4. The van der Waals surface area contributed by atoms with Gasteiger partial charge in [-0.1, -0.05) is 6.07 Å². The fraction of sp³-hybridized carbons (Fsp3) is 0.364. The zero-order valence-electron chi connectivity index (χ0n) is 17.5. The molecule has 7 rings (SSSR count). The lowest BCUT2D eigenvalue weighted by Crippen LogP contribution is -2.44. The van der Waals surface area contributed by atoms with E-state index in [0.29, 0.717) is 18.0 Å². The van der Waals surface area contributed by atoms with E-state index in [1.165, 1.54) is 18.2 Å². The quantitative estimate of drug-likeness (QED) is 0.522. The molecule has 0 amide bonds. The molecule has 0 atom stereocenters. The molecule has 2 aromatic heterocycles. The summed E-state index contributed by atoms with van der Waals surface area (Å²) in [7, 11) is 0. The maximum absolute atomic E-state index is 14.5. The van der Waals surface area contributed by atoms with Crippen LogP contribution in [0.2, 0.25) is 0 Å². The Hall–Kier alpha value is -3.70. The molecule has 0 radical (unpaired) electrons. The average molecular weight is 475 g/mol. The van der Waals surface area contributed by atoms with Crippen molar-refractivity contribution in [3.05, 3.63) is 64.3 Å². The first kappa shape index (κ1) is 20.9. The first-order chi connectivity index (χ1) is 16.2. The van der Waals surface area contributed by atoms with Gasteiger partial charge in [0, 0.05) is 12.6 Å². The van der Waals surface area contributed by atoms with Crippen LogP contribution in [-0.2, 0) is 19.3 Å². The number of aromatic nitrogens is 4. The molecule has 2 saturated heterocycles. The van der Waals surface area contributed by atoms with Gasteiger partial charge in [0.25, 0.3) is 0 Å². The molecule has 1 saturated carbocycles. The zero-order valence-corrected chi connectivity index (χ0v) is 17.5. The summed E-state index contributed by atoms with van der Waals surface area (Å²) in [5, 5.41) is 0. The summed E-state index contributed by atoms with van der Waals surface area (Å²) in [6.07, 6.45) is -0.856. The summed E-state index contributed by atoms with van der Waals surface area (Å²) >= 11 is 0. The van der Waals surface area contributed by atoms with Crippen LogP contribution in [0.3, 0.4) is 0 Å². The second-order valence-electron chi connectivity index (χ2n) is 8.83. The van der Waals surface area contributed by atoms with E-state index in [1.807, 2.05) is 0 Å². The summed E-state index contributed by atoms with van der Waals surface area (Å²) in [4.78, 5) is 25.1. The molecular formula is C22H17F4N5O3. The largest absolute Gasteiger partial charge is 0.473 e. The normalized spacial score (nSPS) is 22.2. The van der Waals surface area contributed by atoms with E-state index in [1.54, 1.807) is 10.6 Å². The maximum atomic E-state index is 14.5. The molecule has 12 heteroatoms. The number of ether oxygens (including phenoxy) is 2. The second-order valence-corrected chi connectivity index (χ2v) is 8.83. The van der Waals surface area contributed by atoms with Crippen LogP contribution in [0, 0.1) is 11.7 Å². The third kappa shape index (κ3) is 3.35. The number of hydrogen-bond acceptors (Lipinski definition) is 7. The molecule has 3 aliphatic heterocycles. The fourth-order valence-electron chi connectivity index (χ4n) is 5.10. The van der Waals surface area contributed by atoms with E-state index in [4.69, 9.17) is 9.47 Å². The average Bonchev–Trinajstić information content (AvgIpc) is 3.40. The fourth-order valence-corrected chi connectivity index (χ4v) is 5.10. The molecule has 1 spiro atoms. The molecule has 4 aliphatic rings. The summed E-state index contributed by atoms with van der Waals surface area (Å²) in [5.74, 6) is -0.759. The van der Waals surface area contributed by atoms with Gasteiger partial charge < -0.3 is 14.4 Å². The minimum Gasteiger partial charge on any atom is -0.473 e. The second kappa shape index (κ2) is 7.15. The Labute approximate surface area is 189 Å². The molecule has 1 aliphatic carbocycles. The van der Waals surface area contributed by atoms with Gasteiger partial charge in [-0.2, -0.15) is 18.2 Å². The molecule has 0 unspecified atom stereocenters. The van der Waals surface area contributed by atoms with Crippen LogP contribution in [-0.4, -0.2) is 31.6 Å². The smallest absolute Gasteiger partial charge is 0.451 e. The molecule has 2 bridgehead atoms. The summed E-state index contributed by atoms with van der Waals surface area (Å²) in [5.41, 5.74) is 0.137. The van der Waals surface area contributed by atoms with Gasteiger partial charge >= 0.3 is 11.9 Å². The van der Waals surface area contributed by atoms with E-state index in [0.717, 1.165) is 37.6 Å². The van der Waals surface area contributed by atoms with E-state index >= 15 is 0 Å². The Morgan fingerprint density at radius 2 is 1.91 bits per heavy atom. The number of anilines is 1. The van der Waals surface area contributed by atoms with Crippen molar-refractivity contribution < 1.29 is 27.0 Å². The Kier molecular flexibility index (Phi) is 4.39. The van der Waals surface area contributed by atoms with Crippen LogP contribution in [0.5, 0.6) is 17.4 Å². The predicted molar refractivity (Wildman–Crippen MR) is 109 cm³/mol. The molecule has 34 heavy (non-hydrogen) atoms. The Morgan fingerprint density at radius 1 is 1.15 bits per heavy atom. The number of fused-ring (bicyclic) bond motifs is 1. The predicted octanol–water partition coefficient (Wildman–Crippen LogP) is 3.54.